The molecule has 0 aromatic heterocycles. The number of ether oxygens (including phenoxy) is 2. The van der Waals surface area contributed by atoms with E-state index in [0.29, 0.717) is 26.3 Å². The molecule has 4 rings (SSSR count). The van der Waals surface area contributed by atoms with E-state index in [9.17, 15) is 5.11 Å². The first-order chi connectivity index (χ1) is 27.1. The third kappa shape index (κ3) is 27.3. The van der Waals surface area contributed by atoms with Gasteiger partial charge in [-0.05, 0) is 48.1 Å². The number of carboxylic acid groups (broad SMARTS) is 2. The van der Waals surface area contributed by atoms with E-state index in [2.05, 4.69) is 147 Å². The van der Waals surface area contributed by atoms with E-state index in [1.807, 2.05) is 21.1 Å². The molecule has 1 radical (unpaired) electrons. The minimum Gasteiger partial charge on any atom is -0.850 e. The number of primary amides is 2. The third-order valence-electron chi connectivity index (χ3n) is 8.33. The number of carbonyl (C=O) groups is 3. The molecule has 0 fully saturated rings. The zero-order valence-corrected chi connectivity index (χ0v) is 37.2. The molecule has 0 bridgehead atoms. The minimum atomic E-state index is -1.22. The maximum Gasteiger partial charge on any atom is 3.00 e. The smallest absolute Gasteiger partial charge is 0.850 e. The number of hydrogen-bond donors (Lipinski definition) is 2. The van der Waals surface area contributed by atoms with Crippen LogP contribution in [-0.2, 0) is 52.0 Å². The largest absolute Gasteiger partial charge is 3.00 e. The molecule has 0 spiro atoms. The van der Waals surface area contributed by atoms with Gasteiger partial charge in [-0.15, -0.1) is 6.10 Å². The number of nitrogens with zero attached hydrogens (tertiary/aromatic N) is 3. The molecule has 0 unspecified atom stereocenters. The molecular formula is C43H62BN5Ni2O8+. The summed E-state index contributed by atoms with van der Waals surface area (Å²) in [4.78, 5) is 33.1. The number of carboxylic acids is 2. The summed E-state index contributed by atoms with van der Waals surface area (Å²) in [6.07, 6.45) is -1.82. The zero-order chi connectivity index (χ0) is 43.1. The number of rotatable bonds is 17. The summed E-state index contributed by atoms with van der Waals surface area (Å²) < 4.78 is 10.2. The first kappa shape index (κ1) is 59.2. The fourth-order valence-corrected chi connectivity index (χ4v) is 6.01. The number of nitrogens with two attached hydrogens (primary N) is 2. The maximum atomic E-state index is 12.1. The second kappa shape index (κ2) is 35.8. The SMILES string of the molecule is CC(=O)[O-].CC(=O)[O-].COCCN(CCOC)C[C@H]([O-])CN(C)CCN(C)C.NC(N)=O.[Ni+2].[Ni+3].c1ccc([B-](c2ccccc2)(c2ccccc2)c2ccccc2)cc1. The van der Waals surface area contributed by atoms with Crippen molar-refractivity contribution >= 4 is 46.0 Å². The predicted molar refractivity (Wildman–Crippen MR) is 225 cm³/mol. The number of benzene rings is 4. The first-order valence-electron chi connectivity index (χ1n) is 18.6. The molecule has 0 aliphatic heterocycles. The average Bonchev–Trinajstić information content (AvgIpc) is 3.17. The van der Waals surface area contributed by atoms with Crippen molar-refractivity contribution in [2.24, 2.45) is 11.5 Å². The van der Waals surface area contributed by atoms with Gasteiger partial charge in [-0.1, -0.05) is 121 Å². The van der Waals surface area contributed by atoms with Gasteiger partial charge in [-0.25, -0.2) is 4.79 Å². The Bertz CT molecular complexity index is 1410. The van der Waals surface area contributed by atoms with E-state index >= 15 is 0 Å². The number of hydrogen-bond acceptors (Lipinski definition) is 11. The molecule has 1 atom stereocenters. The van der Waals surface area contributed by atoms with Crippen LogP contribution in [0.1, 0.15) is 13.8 Å². The summed E-state index contributed by atoms with van der Waals surface area (Å²) in [5, 5.41) is 29.9. The normalized spacial score (nSPS) is 10.6. The van der Waals surface area contributed by atoms with Gasteiger partial charge in [-0.2, -0.15) is 21.9 Å². The van der Waals surface area contributed by atoms with Crippen LogP contribution >= 0.6 is 0 Å². The molecule has 16 heteroatoms. The van der Waals surface area contributed by atoms with Crippen molar-refractivity contribution in [1.29, 1.82) is 0 Å². The Kier molecular flexibility index (Phi) is 35.9. The quantitative estimate of drug-likeness (QED) is 0.116. The molecular weight excluding hydrogens is 843 g/mol. The molecule has 0 saturated heterocycles. The Labute approximate surface area is 371 Å². The van der Waals surface area contributed by atoms with Gasteiger partial charge in [0.2, 0.25) is 0 Å². The number of urea groups is 1. The number of methoxy groups -OCH3 is 2. The zero-order valence-electron chi connectivity index (χ0n) is 35.3. The summed E-state index contributed by atoms with van der Waals surface area (Å²) in [5.74, 6) is -2.17. The summed E-state index contributed by atoms with van der Waals surface area (Å²) in [5.41, 5.74) is 13.9. The van der Waals surface area contributed by atoms with Gasteiger partial charge in [-0.3, -0.25) is 4.90 Å². The van der Waals surface area contributed by atoms with E-state index in [4.69, 9.17) is 34.1 Å². The van der Waals surface area contributed by atoms with E-state index in [1.54, 1.807) is 14.2 Å². The molecule has 0 saturated carbocycles. The number of amides is 2. The van der Waals surface area contributed by atoms with Gasteiger partial charge in [0.05, 0.1) is 13.2 Å². The molecule has 0 aliphatic carbocycles. The molecule has 13 nitrogen and oxygen atoms in total. The van der Waals surface area contributed by atoms with Crippen LogP contribution in [0.25, 0.3) is 0 Å². The Morgan fingerprint density at radius 3 is 1.10 bits per heavy atom. The van der Waals surface area contributed by atoms with E-state index in [1.165, 1.54) is 21.9 Å². The van der Waals surface area contributed by atoms with Crippen LogP contribution in [0.4, 0.5) is 4.79 Å². The van der Waals surface area contributed by atoms with Gasteiger partial charge < -0.3 is 55.6 Å². The molecule has 2 amide bonds. The van der Waals surface area contributed by atoms with Gasteiger partial charge in [0, 0.05) is 52.3 Å². The molecule has 4 N–H and O–H groups in total. The standard InChI is InChI=1S/C24H20B.C14H32N3O3.2C2H4O2.CH4N2O.2Ni/c1-5-13-21(14-6-1)25(22-15-7-2-8-16-22,23-17-9-3-10-18-23)24-19-11-4-12-20-24;1-15(2)6-7-16(3)12-14(18)13-17(8-10-19-4)9-11-20-5;2*1-2(3)4;2-1(3)4;;/h1-20H;14H,6-13H2,1-5H3;2*1H3,(H,3,4);(H4,2,3,4);;/q2*-1;;;;+2;+3/p-2/t;14-;;;;;/m.1...../s1. The third-order valence-corrected chi connectivity index (χ3v) is 8.33. The van der Waals surface area contributed by atoms with Gasteiger partial charge >= 0.3 is 39.0 Å². The Balaban J connectivity index is -0.000000826. The van der Waals surface area contributed by atoms with Crippen LogP contribution in [0.5, 0.6) is 0 Å². The van der Waals surface area contributed by atoms with Crippen LogP contribution < -0.4 is 48.6 Å². The second-order valence-corrected chi connectivity index (χ2v) is 13.4. The predicted octanol–water partition coefficient (Wildman–Crippen LogP) is -1.60. The molecule has 59 heavy (non-hydrogen) atoms. The Morgan fingerprint density at radius 1 is 0.593 bits per heavy atom. The van der Waals surface area contributed by atoms with Crippen molar-refractivity contribution in [3.8, 4) is 0 Å². The van der Waals surface area contributed by atoms with Gasteiger partial charge in [0.25, 0.3) is 0 Å². The average molecular weight is 905 g/mol. The fraction of sp³-hybridized carbons (Fsp3) is 0.372. The monoisotopic (exact) mass is 903 g/mol. The summed E-state index contributed by atoms with van der Waals surface area (Å²) in [6, 6.07) is 42.7. The van der Waals surface area contributed by atoms with E-state index < -0.39 is 30.2 Å². The van der Waals surface area contributed by atoms with Gasteiger partial charge in [0.15, 0.2) is 0 Å². The molecule has 0 aliphatic rings. The van der Waals surface area contributed by atoms with Crippen molar-refractivity contribution in [1.82, 2.24) is 14.7 Å². The topological polar surface area (TPSA) is 201 Å². The van der Waals surface area contributed by atoms with E-state index in [-0.39, 0.29) is 33.0 Å². The Morgan fingerprint density at radius 2 is 0.864 bits per heavy atom. The minimum absolute atomic E-state index is 0. The van der Waals surface area contributed by atoms with Crippen LogP contribution in [0.15, 0.2) is 121 Å². The van der Waals surface area contributed by atoms with Crippen LogP contribution in [0, 0.1) is 0 Å². The van der Waals surface area contributed by atoms with Crippen molar-refractivity contribution in [3.63, 3.8) is 0 Å². The molecule has 4 aromatic rings. The first-order valence-corrected chi connectivity index (χ1v) is 18.6. The van der Waals surface area contributed by atoms with Crippen LogP contribution in [0.3, 0.4) is 0 Å². The van der Waals surface area contributed by atoms with Gasteiger partial charge in [0.1, 0.15) is 6.15 Å². The van der Waals surface area contributed by atoms with Crippen molar-refractivity contribution < 1.29 is 72.2 Å². The van der Waals surface area contributed by atoms with Crippen molar-refractivity contribution in [3.05, 3.63) is 121 Å². The second-order valence-electron chi connectivity index (χ2n) is 13.4. The summed E-state index contributed by atoms with van der Waals surface area (Å²) in [6.45, 7) is 7.80. The molecule has 4 aromatic carbocycles. The van der Waals surface area contributed by atoms with Crippen molar-refractivity contribution in [2.75, 3.05) is 87.8 Å². The molecule has 0 heterocycles. The summed E-state index contributed by atoms with van der Waals surface area (Å²) in [7, 11) is 9.44. The van der Waals surface area contributed by atoms with E-state index in [0.717, 1.165) is 40.0 Å². The number of carbonyl (C=O) groups excluding carboxylic acids is 3. The van der Waals surface area contributed by atoms with Crippen LogP contribution in [-0.4, -0.2) is 133 Å². The number of aliphatic carboxylic acids is 2. The van der Waals surface area contributed by atoms with Crippen molar-refractivity contribution in [2.45, 2.75) is 20.0 Å². The Hall–Kier alpha value is -4.10. The fourth-order valence-electron chi connectivity index (χ4n) is 6.01. The van der Waals surface area contributed by atoms with Crippen LogP contribution in [0.2, 0.25) is 0 Å². The molecule has 329 valence electrons. The summed E-state index contributed by atoms with van der Waals surface area (Å²) >= 11 is 0. The number of likely N-dealkylation sites (N-methyl/N-ethyl adjacent to an activating group) is 2. The maximum absolute atomic E-state index is 12.1.